The van der Waals surface area contributed by atoms with Crippen molar-refractivity contribution in [2.75, 3.05) is 18.5 Å². The molecule has 0 bridgehead atoms. The molecule has 10 heteroatoms. The van der Waals surface area contributed by atoms with Crippen LogP contribution >= 0.6 is 11.6 Å². The summed E-state index contributed by atoms with van der Waals surface area (Å²) in [5.74, 6) is -0.750. The first-order chi connectivity index (χ1) is 16.7. The van der Waals surface area contributed by atoms with E-state index >= 15 is 0 Å². The van der Waals surface area contributed by atoms with Crippen LogP contribution in [-0.4, -0.2) is 39.1 Å². The summed E-state index contributed by atoms with van der Waals surface area (Å²) >= 11 is 5.89. The van der Waals surface area contributed by atoms with Crippen molar-refractivity contribution in [1.82, 2.24) is 14.8 Å². The minimum Gasteiger partial charge on any atom is -0.476 e. The maximum absolute atomic E-state index is 13.4. The van der Waals surface area contributed by atoms with E-state index in [4.69, 9.17) is 20.8 Å². The largest absolute Gasteiger partial charge is 0.476 e. The van der Waals surface area contributed by atoms with Crippen molar-refractivity contribution < 1.29 is 19.1 Å². The lowest BCUT2D eigenvalue weighted by atomic mass is 9.99. The van der Waals surface area contributed by atoms with E-state index in [1.807, 2.05) is 30.8 Å². The topological polar surface area (TPSA) is 119 Å². The first-order valence-electron chi connectivity index (χ1n) is 11.1. The van der Waals surface area contributed by atoms with Crippen molar-refractivity contribution in [2.45, 2.75) is 32.9 Å². The monoisotopic (exact) mass is 494 g/mol. The number of nitrogens with zero attached hydrogens (tertiary/aromatic N) is 3. The number of fused-ring (bicyclic) bond motifs is 1. The second kappa shape index (κ2) is 8.83. The zero-order valence-corrected chi connectivity index (χ0v) is 20.1. The zero-order chi connectivity index (χ0) is 24.9. The van der Waals surface area contributed by atoms with Gasteiger partial charge in [-0.3, -0.25) is 9.48 Å². The third-order valence-corrected chi connectivity index (χ3v) is 6.36. The third-order valence-electron chi connectivity index (χ3n) is 6.15. The van der Waals surface area contributed by atoms with Crippen molar-refractivity contribution in [3.63, 3.8) is 0 Å². The van der Waals surface area contributed by atoms with Crippen LogP contribution < -0.4 is 10.7 Å². The van der Waals surface area contributed by atoms with Crippen molar-refractivity contribution in [1.29, 1.82) is 0 Å². The number of nitrogens with one attached hydrogen (secondary N) is 1. The normalized spacial score (nSPS) is 14.6. The minimum absolute atomic E-state index is 0.0849. The van der Waals surface area contributed by atoms with Gasteiger partial charge in [0.15, 0.2) is 11.1 Å². The van der Waals surface area contributed by atoms with Gasteiger partial charge in [-0.2, -0.15) is 5.10 Å². The Labute approximate surface area is 205 Å². The van der Waals surface area contributed by atoms with Crippen LogP contribution in [-0.2, 0) is 4.74 Å². The van der Waals surface area contributed by atoms with E-state index in [1.54, 1.807) is 25.3 Å². The van der Waals surface area contributed by atoms with Gasteiger partial charge >= 0.3 is 5.97 Å². The summed E-state index contributed by atoms with van der Waals surface area (Å²) in [6.07, 6.45) is 3.54. The molecule has 1 aliphatic heterocycles. The first-order valence-corrected chi connectivity index (χ1v) is 11.5. The Balaban J connectivity index is 1.61. The van der Waals surface area contributed by atoms with E-state index in [0.29, 0.717) is 52.3 Å². The average Bonchev–Trinajstić information content (AvgIpc) is 3.25. The van der Waals surface area contributed by atoms with E-state index in [9.17, 15) is 14.7 Å². The van der Waals surface area contributed by atoms with Crippen molar-refractivity contribution >= 4 is 34.2 Å². The number of pyridine rings is 1. The van der Waals surface area contributed by atoms with Crippen molar-refractivity contribution in [3.8, 4) is 11.3 Å². The summed E-state index contributed by atoms with van der Waals surface area (Å²) in [7, 11) is 0. The van der Waals surface area contributed by atoms with Gasteiger partial charge in [0.2, 0.25) is 0 Å². The van der Waals surface area contributed by atoms with Crippen LogP contribution in [0.1, 0.15) is 46.2 Å². The fraction of sp³-hybridized carbons (Fsp3) is 0.280. The maximum Gasteiger partial charge on any atom is 0.356 e. The molecule has 1 saturated heterocycles. The Kier molecular flexibility index (Phi) is 5.82. The van der Waals surface area contributed by atoms with Crippen LogP contribution in [0.5, 0.6) is 0 Å². The van der Waals surface area contributed by atoms with Gasteiger partial charge in [-0.05, 0) is 44.5 Å². The van der Waals surface area contributed by atoms with Gasteiger partial charge in [-0.15, -0.1) is 0 Å². The number of hydrogen-bond donors (Lipinski definition) is 2. The van der Waals surface area contributed by atoms with E-state index in [0.717, 1.165) is 5.56 Å². The quantitative estimate of drug-likeness (QED) is 0.368. The molecule has 0 amide bonds. The van der Waals surface area contributed by atoms with Gasteiger partial charge in [0.1, 0.15) is 16.5 Å². The molecule has 1 fully saturated rings. The first kappa shape index (κ1) is 23.1. The second-order valence-electron chi connectivity index (χ2n) is 8.72. The van der Waals surface area contributed by atoms with Crippen molar-refractivity contribution in [3.05, 3.63) is 74.4 Å². The number of carboxylic acids is 1. The molecule has 5 rings (SSSR count). The molecular formula is C25H23ClN4O5. The van der Waals surface area contributed by atoms with Gasteiger partial charge in [-0.1, -0.05) is 17.7 Å². The molecule has 0 unspecified atom stereocenters. The number of benzene rings is 1. The number of halogens is 1. The van der Waals surface area contributed by atoms with E-state index < -0.39 is 12.0 Å². The molecule has 1 aromatic carbocycles. The SMILES string of the molecule is Cc1cc([C@@H](C)Nc2ccc(Cl)nc2C(=O)O)c2oc(-c3cnn(C4COC4)c3)c(C)c(=O)c2c1. The van der Waals surface area contributed by atoms with Gasteiger partial charge in [-0.25, -0.2) is 9.78 Å². The summed E-state index contributed by atoms with van der Waals surface area (Å²) in [4.78, 5) is 29.0. The molecular weight excluding hydrogens is 472 g/mol. The summed E-state index contributed by atoms with van der Waals surface area (Å²) in [6, 6.07) is 6.57. The van der Waals surface area contributed by atoms with E-state index in [2.05, 4.69) is 15.4 Å². The van der Waals surface area contributed by atoms with Crippen LogP contribution in [0.15, 0.2) is 45.9 Å². The molecule has 0 radical (unpaired) electrons. The fourth-order valence-corrected chi connectivity index (χ4v) is 4.37. The van der Waals surface area contributed by atoms with Crippen LogP contribution in [0.2, 0.25) is 5.15 Å². The number of hydrogen-bond acceptors (Lipinski definition) is 7. The molecule has 9 nitrogen and oxygen atoms in total. The summed E-state index contributed by atoms with van der Waals surface area (Å²) in [5.41, 5.74) is 3.21. The predicted molar refractivity (Wildman–Crippen MR) is 131 cm³/mol. The smallest absolute Gasteiger partial charge is 0.356 e. The molecule has 35 heavy (non-hydrogen) atoms. The molecule has 4 aromatic rings. The van der Waals surface area contributed by atoms with Gasteiger partial charge < -0.3 is 19.6 Å². The number of carboxylic acid groups (broad SMARTS) is 1. The molecule has 0 spiro atoms. The Bertz CT molecular complexity index is 1520. The molecule has 4 heterocycles. The number of aromatic carboxylic acids is 1. The highest BCUT2D eigenvalue weighted by molar-refractivity contribution is 6.29. The molecule has 3 aromatic heterocycles. The van der Waals surface area contributed by atoms with Crippen LogP contribution in [0.25, 0.3) is 22.3 Å². The number of ether oxygens (including phenoxy) is 1. The van der Waals surface area contributed by atoms with Crippen LogP contribution in [0.3, 0.4) is 0 Å². The number of aryl methyl sites for hydroxylation is 1. The van der Waals surface area contributed by atoms with Gasteiger partial charge in [0.05, 0.1) is 48.1 Å². The lowest BCUT2D eigenvalue weighted by Gasteiger charge is -2.25. The van der Waals surface area contributed by atoms with Gasteiger partial charge in [0.25, 0.3) is 0 Å². The highest BCUT2D eigenvalue weighted by Gasteiger charge is 2.24. The summed E-state index contributed by atoms with van der Waals surface area (Å²) < 4.78 is 13.4. The minimum atomic E-state index is -1.20. The predicted octanol–water partition coefficient (Wildman–Crippen LogP) is 4.76. The van der Waals surface area contributed by atoms with Crippen LogP contribution in [0.4, 0.5) is 5.69 Å². The molecule has 1 atom stereocenters. The third kappa shape index (κ3) is 4.17. The van der Waals surface area contributed by atoms with Crippen molar-refractivity contribution in [2.24, 2.45) is 0 Å². The highest BCUT2D eigenvalue weighted by atomic mass is 35.5. The number of aromatic nitrogens is 3. The maximum atomic E-state index is 13.4. The summed E-state index contributed by atoms with van der Waals surface area (Å²) in [5, 5.41) is 17.7. The Hall–Kier alpha value is -3.69. The van der Waals surface area contributed by atoms with Crippen LogP contribution in [0, 0.1) is 13.8 Å². The Morgan fingerprint density at radius 1 is 1.29 bits per heavy atom. The Morgan fingerprint density at radius 2 is 2.06 bits per heavy atom. The molecule has 0 aliphatic carbocycles. The number of carbonyl (C=O) groups is 1. The standard InChI is InChI=1S/C25H23ClN4O5/c1-12-6-17(14(3)28-19-4-5-20(26)29-21(19)25(32)33)24-18(7-12)22(31)13(2)23(35-24)15-8-27-30(9-15)16-10-34-11-16/h4-9,14,16,28H,10-11H2,1-3H3,(H,32,33)/t14-/m1/s1. The number of rotatable bonds is 6. The molecule has 180 valence electrons. The lowest BCUT2D eigenvalue weighted by molar-refractivity contribution is -0.0286. The average molecular weight is 495 g/mol. The molecule has 1 aliphatic rings. The highest BCUT2D eigenvalue weighted by Crippen LogP contribution is 2.33. The molecule has 2 N–H and O–H groups in total. The van der Waals surface area contributed by atoms with E-state index in [1.165, 1.54) is 6.07 Å². The second-order valence-corrected chi connectivity index (χ2v) is 9.11. The van der Waals surface area contributed by atoms with Gasteiger partial charge in [0, 0.05) is 17.3 Å². The summed E-state index contributed by atoms with van der Waals surface area (Å²) in [6.45, 7) is 6.71. The van der Waals surface area contributed by atoms with E-state index in [-0.39, 0.29) is 22.3 Å². The molecule has 0 saturated carbocycles. The number of anilines is 1. The fourth-order valence-electron chi connectivity index (χ4n) is 4.22. The Morgan fingerprint density at radius 3 is 2.74 bits per heavy atom. The zero-order valence-electron chi connectivity index (χ0n) is 19.3. The lowest BCUT2D eigenvalue weighted by Crippen LogP contribution is -2.30.